The molecule has 1 aliphatic rings. The molecule has 2 atom stereocenters. The number of rotatable bonds is 3. The van der Waals surface area contributed by atoms with Gasteiger partial charge in [0.15, 0.2) is 5.76 Å². The molecule has 2 heterocycles. The van der Waals surface area contributed by atoms with Crippen LogP contribution in [-0.4, -0.2) is 41.4 Å². The zero-order chi connectivity index (χ0) is 13.1. The maximum absolute atomic E-state index is 12.3. The van der Waals surface area contributed by atoms with Gasteiger partial charge in [0.2, 0.25) is 0 Å². The SMILES string of the molecule is CCc1ccc(C(=O)N2CC(C)OC(CBr)C2)o1. The Hall–Kier alpha value is -0.810. The molecule has 0 saturated carbocycles. The Balaban J connectivity index is 2.07. The molecule has 1 aromatic heterocycles. The van der Waals surface area contributed by atoms with Crippen LogP contribution in [0.4, 0.5) is 0 Å². The molecule has 1 fully saturated rings. The van der Waals surface area contributed by atoms with Gasteiger partial charge < -0.3 is 14.1 Å². The Kier molecular flexibility index (Phi) is 4.45. The van der Waals surface area contributed by atoms with Crippen LogP contribution < -0.4 is 0 Å². The van der Waals surface area contributed by atoms with E-state index in [0.29, 0.717) is 18.8 Å². The van der Waals surface area contributed by atoms with Crippen molar-refractivity contribution in [2.45, 2.75) is 32.5 Å². The van der Waals surface area contributed by atoms with E-state index in [1.807, 2.05) is 19.9 Å². The fourth-order valence-electron chi connectivity index (χ4n) is 2.14. The van der Waals surface area contributed by atoms with Crippen molar-refractivity contribution in [2.24, 2.45) is 0 Å². The molecule has 5 heteroatoms. The first-order valence-electron chi connectivity index (χ1n) is 6.23. The number of furan rings is 1. The van der Waals surface area contributed by atoms with Crippen LogP contribution in [0.5, 0.6) is 0 Å². The van der Waals surface area contributed by atoms with Gasteiger partial charge in [-0.2, -0.15) is 0 Å². The van der Waals surface area contributed by atoms with Crippen molar-refractivity contribution in [1.29, 1.82) is 0 Å². The first-order chi connectivity index (χ1) is 8.63. The lowest BCUT2D eigenvalue weighted by molar-refractivity contribution is -0.0566. The third-order valence-corrected chi connectivity index (χ3v) is 3.73. The highest BCUT2D eigenvalue weighted by Gasteiger charge is 2.29. The molecule has 2 rings (SSSR count). The van der Waals surface area contributed by atoms with Gasteiger partial charge in [-0.1, -0.05) is 22.9 Å². The normalized spacial score (nSPS) is 24.3. The Morgan fingerprint density at radius 1 is 1.50 bits per heavy atom. The van der Waals surface area contributed by atoms with Crippen molar-refractivity contribution in [3.63, 3.8) is 0 Å². The number of nitrogens with zero attached hydrogens (tertiary/aromatic N) is 1. The quantitative estimate of drug-likeness (QED) is 0.805. The molecule has 0 N–H and O–H groups in total. The van der Waals surface area contributed by atoms with Crippen molar-refractivity contribution < 1.29 is 13.9 Å². The van der Waals surface area contributed by atoms with Gasteiger partial charge in [-0.15, -0.1) is 0 Å². The molecule has 1 saturated heterocycles. The van der Waals surface area contributed by atoms with E-state index in [1.165, 1.54) is 0 Å². The predicted molar refractivity (Wildman–Crippen MR) is 72.1 cm³/mol. The maximum atomic E-state index is 12.3. The highest BCUT2D eigenvalue weighted by atomic mass is 79.9. The molecule has 18 heavy (non-hydrogen) atoms. The standard InChI is InChI=1S/C13H18BrNO3/c1-3-10-4-5-12(18-10)13(16)15-7-9(2)17-11(6-14)8-15/h4-5,9,11H,3,6-8H2,1-2H3. The monoisotopic (exact) mass is 315 g/mol. The lowest BCUT2D eigenvalue weighted by Gasteiger charge is -2.35. The molecule has 1 aromatic rings. The number of alkyl halides is 1. The molecule has 0 bridgehead atoms. The molecule has 1 amide bonds. The zero-order valence-electron chi connectivity index (χ0n) is 10.7. The van der Waals surface area contributed by atoms with Crippen LogP contribution in [0, 0.1) is 0 Å². The van der Waals surface area contributed by atoms with Gasteiger partial charge in [-0.3, -0.25) is 4.79 Å². The average Bonchev–Trinajstić information content (AvgIpc) is 2.85. The first kappa shape index (κ1) is 13.6. The highest BCUT2D eigenvalue weighted by molar-refractivity contribution is 9.09. The number of aryl methyl sites for hydroxylation is 1. The van der Waals surface area contributed by atoms with Crippen LogP contribution in [-0.2, 0) is 11.2 Å². The van der Waals surface area contributed by atoms with E-state index >= 15 is 0 Å². The molecule has 2 unspecified atom stereocenters. The molecular weight excluding hydrogens is 298 g/mol. The van der Waals surface area contributed by atoms with E-state index in [1.54, 1.807) is 11.0 Å². The van der Waals surface area contributed by atoms with E-state index in [2.05, 4.69) is 15.9 Å². The Morgan fingerprint density at radius 2 is 2.28 bits per heavy atom. The molecular formula is C13H18BrNO3. The van der Waals surface area contributed by atoms with Gasteiger partial charge in [-0.05, 0) is 19.1 Å². The molecule has 0 spiro atoms. The van der Waals surface area contributed by atoms with Crippen molar-refractivity contribution in [3.05, 3.63) is 23.7 Å². The average molecular weight is 316 g/mol. The second-order valence-corrected chi connectivity index (χ2v) is 5.20. The summed E-state index contributed by atoms with van der Waals surface area (Å²) in [6.07, 6.45) is 0.917. The predicted octanol–water partition coefficient (Wildman–Crippen LogP) is 2.47. The maximum Gasteiger partial charge on any atom is 0.289 e. The third-order valence-electron chi connectivity index (χ3n) is 3.01. The summed E-state index contributed by atoms with van der Waals surface area (Å²) in [6.45, 7) is 5.21. The van der Waals surface area contributed by atoms with Crippen molar-refractivity contribution in [2.75, 3.05) is 18.4 Å². The number of amides is 1. The minimum atomic E-state index is -0.0456. The van der Waals surface area contributed by atoms with Gasteiger partial charge in [0.05, 0.1) is 12.2 Å². The van der Waals surface area contributed by atoms with Crippen LogP contribution in [0.1, 0.15) is 30.2 Å². The molecule has 4 nitrogen and oxygen atoms in total. The highest BCUT2D eigenvalue weighted by Crippen LogP contribution is 2.17. The number of carbonyl (C=O) groups is 1. The third kappa shape index (κ3) is 2.95. The fourth-order valence-corrected chi connectivity index (χ4v) is 2.49. The summed E-state index contributed by atoms with van der Waals surface area (Å²) >= 11 is 3.40. The van der Waals surface area contributed by atoms with Crippen LogP contribution in [0.3, 0.4) is 0 Å². The zero-order valence-corrected chi connectivity index (χ0v) is 12.3. The number of ether oxygens (including phenoxy) is 1. The summed E-state index contributed by atoms with van der Waals surface area (Å²) in [6, 6.07) is 3.61. The van der Waals surface area contributed by atoms with Crippen molar-refractivity contribution in [1.82, 2.24) is 4.90 Å². The second-order valence-electron chi connectivity index (χ2n) is 4.55. The van der Waals surface area contributed by atoms with Gasteiger partial charge in [0, 0.05) is 24.8 Å². The van der Waals surface area contributed by atoms with Crippen LogP contribution in [0.15, 0.2) is 16.5 Å². The smallest absolute Gasteiger partial charge is 0.289 e. The summed E-state index contributed by atoms with van der Waals surface area (Å²) in [5.74, 6) is 1.22. The summed E-state index contributed by atoms with van der Waals surface area (Å²) in [5.41, 5.74) is 0. The molecule has 0 aromatic carbocycles. The largest absolute Gasteiger partial charge is 0.456 e. The van der Waals surface area contributed by atoms with E-state index in [9.17, 15) is 4.79 Å². The summed E-state index contributed by atoms with van der Waals surface area (Å²) < 4.78 is 11.2. The van der Waals surface area contributed by atoms with Crippen molar-refractivity contribution >= 4 is 21.8 Å². The van der Waals surface area contributed by atoms with E-state index in [0.717, 1.165) is 17.5 Å². The minimum Gasteiger partial charge on any atom is -0.456 e. The fraction of sp³-hybridized carbons (Fsp3) is 0.615. The first-order valence-corrected chi connectivity index (χ1v) is 7.35. The Bertz CT molecular complexity index is 418. The van der Waals surface area contributed by atoms with Gasteiger partial charge >= 0.3 is 0 Å². The summed E-state index contributed by atoms with van der Waals surface area (Å²) in [5, 5.41) is 0.736. The number of halogens is 1. The second kappa shape index (κ2) is 5.89. The topological polar surface area (TPSA) is 42.7 Å². The lowest BCUT2D eigenvalue weighted by atomic mass is 10.2. The number of hydrogen-bond acceptors (Lipinski definition) is 3. The van der Waals surface area contributed by atoms with Crippen LogP contribution in [0.2, 0.25) is 0 Å². The van der Waals surface area contributed by atoms with Gasteiger partial charge in [-0.25, -0.2) is 0 Å². The number of carbonyl (C=O) groups excluding carboxylic acids is 1. The van der Waals surface area contributed by atoms with E-state index in [-0.39, 0.29) is 18.1 Å². The molecule has 0 radical (unpaired) electrons. The van der Waals surface area contributed by atoms with Crippen LogP contribution in [0.25, 0.3) is 0 Å². The van der Waals surface area contributed by atoms with Gasteiger partial charge in [0.1, 0.15) is 5.76 Å². The van der Waals surface area contributed by atoms with E-state index < -0.39 is 0 Å². The summed E-state index contributed by atoms with van der Waals surface area (Å²) in [7, 11) is 0. The Labute approximate surface area is 115 Å². The lowest BCUT2D eigenvalue weighted by Crippen LogP contribution is -2.49. The van der Waals surface area contributed by atoms with E-state index in [4.69, 9.17) is 9.15 Å². The molecule has 1 aliphatic heterocycles. The Morgan fingerprint density at radius 3 is 2.89 bits per heavy atom. The minimum absolute atomic E-state index is 0.0456. The van der Waals surface area contributed by atoms with Gasteiger partial charge in [0.25, 0.3) is 5.91 Å². The summed E-state index contributed by atoms with van der Waals surface area (Å²) in [4.78, 5) is 14.1. The van der Waals surface area contributed by atoms with Crippen molar-refractivity contribution in [3.8, 4) is 0 Å². The van der Waals surface area contributed by atoms with Crippen LogP contribution >= 0.6 is 15.9 Å². The number of morpholine rings is 1. The number of hydrogen-bond donors (Lipinski definition) is 0. The molecule has 0 aliphatic carbocycles. The molecule has 100 valence electrons.